The summed E-state index contributed by atoms with van der Waals surface area (Å²) in [5, 5.41) is 6.01. The first-order valence-corrected chi connectivity index (χ1v) is 12.6. The molecule has 40 heavy (non-hydrogen) atoms. The van der Waals surface area contributed by atoms with Gasteiger partial charge < -0.3 is 24.7 Å². The Bertz CT molecular complexity index is 1780. The smallest absolute Gasteiger partial charge is 0.261 e. The number of aryl methyl sites for hydroxylation is 1. The van der Waals surface area contributed by atoms with Crippen LogP contribution in [0.25, 0.3) is 11.1 Å². The quantitative estimate of drug-likeness (QED) is 0.240. The van der Waals surface area contributed by atoms with Crippen LogP contribution in [0, 0.1) is 5.82 Å². The third kappa shape index (κ3) is 4.88. The summed E-state index contributed by atoms with van der Waals surface area (Å²) in [6, 6.07) is 21.6. The predicted molar refractivity (Wildman–Crippen MR) is 150 cm³/mol. The molecule has 3 heterocycles. The van der Waals surface area contributed by atoms with Crippen molar-refractivity contribution in [3.8, 4) is 34.1 Å². The first-order chi connectivity index (χ1) is 19.5. The van der Waals surface area contributed by atoms with Gasteiger partial charge in [-0.05, 0) is 61.0 Å². The van der Waals surface area contributed by atoms with Crippen LogP contribution >= 0.6 is 0 Å². The Balaban J connectivity index is 1.20. The fourth-order valence-electron chi connectivity index (χ4n) is 4.34. The number of anilines is 3. The maximum Gasteiger partial charge on any atom is 0.261 e. The molecule has 0 radical (unpaired) electrons. The zero-order valence-electron chi connectivity index (χ0n) is 21.4. The van der Waals surface area contributed by atoms with Crippen LogP contribution in [-0.2, 0) is 6.54 Å². The molecule has 198 valence electrons. The molecule has 0 aliphatic carbocycles. The molecule has 0 bridgehead atoms. The lowest BCUT2D eigenvalue weighted by Crippen LogP contribution is -2.24. The fraction of sp³-hybridized carbons (Fsp3) is 0.0645. The van der Waals surface area contributed by atoms with Crippen molar-refractivity contribution in [1.82, 2.24) is 9.55 Å². The van der Waals surface area contributed by atoms with Crippen molar-refractivity contribution in [3.05, 3.63) is 119 Å². The van der Waals surface area contributed by atoms with Crippen molar-refractivity contribution in [2.45, 2.75) is 13.5 Å². The molecule has 2 aromatic heterocycles. The molecule has 0 unspecified atom stereocenters. The third-order valence-electron chi connectivity index (χ3n) is 6.40. The van der Waals surface area contributed by atoms with Gasteiger partial charge in [0.25, 0.3) is 5.91 Å². The number of para-hydroxylation sites is 2. The molecule has 6 rings (SSSR count). The molecular formula is C31H23FN4O4. The molecule has 0 fully saturated rings. The van der Waals surface area contributed by atoms with Gasteiger partial charge >= 0.3 is 0 Å². The van der Waals surface area contributed by atoms with Crippen LogP contribution in [0.5, 0.6) is 23.0 Å². The van der Waals surface area contributed by atoms with E-state index < -0.39 is 17.2 Å². The number of hydrogen-bond acceptors (Lipinski definition) is 6. The summed E-state index contributed by atoms with van der Waals surface area (Å²) < 4.78 is 27.2. The van der Waals surface area contributed by atoms with Crippen LogP contribution in [0.2, 0.25) is 0 Å². The highest BCUT2D eigenvalue weighted by Crippen LogP contribution is 2.46. The Kier molecular flexibility index (Phi) is 6.45. The number of carbonyl (C=O) groups is 1. The Labute approximate surface area is 228 Å². The number of carbonyl (C=O) groups excluding carboxylic acids is 1. The van der Waals surface area contributed by atoms with E-state index in [1.165, 1.54) is 30.5 Å². The lowest BCUT2D eigenvalue weighted by atomic mass is 10.0. The lowest BCUT2D eigenvalue weighted by Gasteiger charge is -2.22. The molecular weight excluding hydrogens is 511 g/mol. The summed E-state index contributed by atoms with van der Waals surface area (Å²) >= 11 is 0. The van der Waals surface area contributed by atoms with E-state index in [1.54, 1.807) is 47.3 Å². The van der Waals surface area contributed by atoms with Crippen molar-refractivity contribution < 1.29 is 18.7 Å². The number of fused-ring (bicyclic) bond motifs is 2. The minimum atomic E-state index is -0.550. The Morgan fingerprint density at radius 3 is 2.58 bits per heavy atom. The zero-order chi connectivity index (χ0) is 27.6. The van der Waals surface area contributed by atoms with Gasteiger partial charge in [-0.25, -0.2) is 9.37 Å². The maximum atomic E-state index is 13.4. The van der Waals surface area contributed by atoms with Gasteiger partial charge in [-0.3, -0.25) is 9.59 Å². The monoisotopic (exact) mass is 534 g/mol. The summed E-state index contributed by atoms with van der Waals surface area (Å²) in [5.74, 6) is 1.71. The number of amides is 1. The number of nitrogens with one attached hydrogen (secondary N) is 2. The number of pyridine rings is 2. The van der Waals surface area contributed by atoms with Crippen LogP contribution in [0.4, 0.5) is 21.6 Å². The normalized spacial score (nSPS) is 11.4. The number of nitrogens with zero attached hydrogens (tertiary/aromatic N) is 2. The van der Waals surface area contributed by atoms with E-state index in [0.717, 1.165) is 5.69 Å². The molecule has 1 aliphatic rings. The van der Waals surface area contributed by atoms with E-state index >= 15 is 0 Å². The molecule has 0 spiro atoms. The second-order valence-corrected chi connectivity index (χ2v) is 9.04. The molecule has 0 saturated carbocycles. The highest BCUT2D eigenvalue weighted by atomic mass is 19.1. The molecule has 1 amide bonds. The molecule has 9 heteroatoms. The second-order valence-electron chi connectivity index (χ2n) is 9.04. The van der Waals surface area contributed by atoms with Gasteiger partial charge in [-0.2, -0.15) is 0 Å². The first-order valence-electron chi connectivity index (χ1n) is 12.6. The number of benzene rings is 3. The average molecular weight is 535 g/mol. The van der Waals surface area contributed by atoms with Gasteiger partial charge in [0.1, 0.15) is 17.1 Å². The molecule has 0 atom stereocenters. The molecule has 1 aliphatic heterocycles. The van der Waals surface area contributed by atoms with E-state index in [2.05, 4.69) is 15.6 Å². The third-order valence-corrected chi connectivity index (χ3v) is 6.40. The van der Waals surface area contributed by atoms with Crippen molar-refractivity contribution in [3.63, 3.8) is 0 Å². The highest BCUT2D eigenvalue weighted by molar-refractivity contribution is 6.04. The SMILES string of the molecule is CCn1cc(C(=O)Nc2ccc(Oc3ccnc4c3Oc3ccccc3N4)cc2)c(=O)c(-c2ccc(F)cc2)c1. The summed E-state index contributed by atoms with van der Waals surface area (Å²) in [4.78, 5) is 30.7. The van der Waals surface area contributed by atoms with Crippen molar-refractivity contribution in [1.29, 1.82) is 0 Å². The molecule has 5 aromatic rings. The van der Waals surface area contributed by atoms with Gasteiger partial charge in [0.15, 0.2) is 17.3 Å². The van der Waals surface area contributed by atoms with Crippen molar-refractivity contribution >= 4 is 23.1 Å². The van der Waals surface area contributed by atoms with Gasteiger partial charge in [0.2, 0.25) is 11.2 Å². The second kappa shape index (κ2) is 10.4. The predicted octanol–water partition coefficient (Wildman–Crippen LogP) is 6.96. The highest BCUT2D eigenvalue weighted by Gasteiger charge is 2.22. The van der Waals surface area contributed by atoms with E-state index in [9.17, 15) is 14.0 Å². The summed E-state index contributed by atoms with van der Waals surface area (Å²) in [7, 11) is 0. The average Bonchev–Trinajstić information content (AvgIpc) is 2.98. The molecule has 8 nitrogen and oxygen atoms in total. The van der Waals surface area contributed by atoms with E-state index in [4.69, 9.17) is 9.47 Å². The largest absolute Gasteiger partial charge is 0.453 e. The number of halogens is 1. The maximum absolute atomic E-state index is 13.4. The Morgan fingerprint density at radius 2 is 1.80 bits per heavy atom. The topological polar surface area (TPSA) is 94.5 Å². The fourth-order valence-corrected chi connectivity index (χ4v) is 4.34. The van der Waals surface area contributed by atoms with Crippen LogP contribution in [0.3, 0.4) is 0 Å². The number of ether oxygens (including phenoxy) is 2. The first kappa shape index (κ1) is 24.9. The minimum absolute atomic E-state index is 0.0163. The van der Waals surface area contributed by atoms with Crippen LogP contribution in [-0.4, -0.2) is 15.5 Å². The van der Waals surface area contributed by atoms with Crippen molar-refractivity contribution in [2.75, 3.05) is 10.6 Å². The van der Waals surface area contributed by atoms with Gasteiger partial charge in [-0.15, -0.1) is 0 Å². The standard InChI is InChI=1S/C31H23FN4O4/c1-2-36-17-23(19-7-9-20(32)10-8-19)28(37)24(18-36)31(38)34-21-11-13-22(14-12-21)39-27-15-16-33-30-29(27)40-26-6-4-3-5-25(26)35-30/h3-18H,2H2,1H3,(H,33,35)(H,34,38). The summed E-state index contributed by atoms with van der Waals surface area (Å²) in [6.45, 7) is 2.45. The van der Waals surface area contributed by atoms with Gasteiger partial charge in [0, 0.05) is 42.5 Å². The van der Waals surface area contributed by atoms with E-state index in [1.807, 2.05) is 31.2 Å². The van der Waals surface area contributed by atoms with Gasteiger partial charge in [0.05, 0.1) is 5.69 Å². The zero-order valence-corrected chi connectivity index (χ0v) is 21.4. The molecule has 0 saturated heterocycles. The molecule has 3 aromatic carbocycles. The minimum Gasteiger partial charge on any atom is -0.453 e. The summed E-state index contributed by atoms with van der Waals surface area (Å²) in [5.41, 5.74) is 1.69. The number of rotatable bonds is 6. The number of hydrogen-bond donors (Lipinski definition) is 2. The van der Waals surface area contributed by atoms with Crippen LogP contribution < -0.4 is 25.5 Å². The Hall–Kier alpha value is -5.44. The Morgan fingerprint density at radius 1 is 1.02 bits per heavy atom. The lowest BCUT2D eigenvalue weighted by molar-refractivity contribution is 0.102. The van der Waals surface area contributed by atoms with E-state index in [0.29, 0.717) is 52.2 Å². The van der Waals surface area contributed by atoms with Crippen LogP contribution in [0.1, 0.15) is 17.3 Å². The summed E-state index contributed by atoms with van der Waals surface area (Å²) in [6.07, 6.45) is 4.80. The molecule has 2 N–H and O–H groups in total. The van der Waals surface area contributed by atoms with E-state index in [-0.39, 0.29) is 5.56 Å². The number of aromatic nitrogens is 2. The van der Waals surface area contributed by atoms with Gasteiger partial charge in [-0.1, -0.05) is 24.3 Å². The van der Waals surface area contributed by atoms with Crippen molar-refractivity contribution in [2.24, 2.45) is 0 Å². The van der Waals surface area contributed by atoms with Crippen LogP contribution in [0.15, 0.2) is 102 Å².